The topological polar surface area (TPSA) is 50.7 Å². The fourth-order valence-corrected chi connectivity index (χ4v) is 2.32. The van der Waals surface area contributed by atoms with Gasteiger partial charge in [0.1, 0.15) is 5.75 Å². The van der Waals surface area contributed by atoms with Gasteiger partial charge in [0, 0.05) is 5.02 Å². The van der Waals surface area contributed by atoms with Gasteiger partial charge in [-0.15, -0.1) is 0 Å². The van der Waals surface area contributed by atoms with E-state index in [1.54, 1.807) is 6.07 Å². The number of nitrogens with one attached hydrogen (secondary N) is 1. The standard InChI is InChI=1S/C17H13Cl2F3N2O2/c1-10(26-15-6-5-13(18)8-14(15)19)16(25)24-23-9-11-3-2-4-12(7-11)17(20,21)22/h2-10H,1H3,(H,24,25). The lowest BCUT2D eigenvalue weighted by Gasteiger charge is -2.14. The maximum atomic E-state index is 12.6. The molecule has 0 fully saturated rings. The van der Waals surface area contributed by atoms with Crippen molar-refractivity contribution in [2.75, 3.05) is 0 Å². The average Bonchev–Trinajstić information content (AvgIpc) is 2.56. The minimum absolute atomic E-state index is 0.189. The molecule has 138 valence electrons. The van der Waals surface area contributed by atoms with Crippen molar-refractivity contribution in [1.82, 2.24) is 5.43 Å². The summed E-state index contributed by atoms with van der Waals surface area (Å²) in [5.41, 5.74) is 1.58. The van der Waals surface area contributed by atoms with Crippen LogP contribution in [-0.4, -0.2) is 18.2 Å². The molecule has 0 saturated carbocycles. The molecule has 0 heterocycles. The Kier molecular flexibility index (Phi) is 6.50. The van der Waals surface area contributed by atoms with E-state index in [-0.39, 0.29) is 16.3 Å². The van der Waals surface area contributed by atoms with Gasteiger partial charge in [0.15, 0.2) is 6.10 Å². The molecular weight excluding hydrogens is 392 g/mol. The zero-order chi connectivity index (χ0) is 19.3. The highest BCUT2D eigenvalue weighted by Gasteiger charge is 2.30. The van der Waals surface area contributed by atoms with Gasteiger partial charge < -0.3 is 4.74 Å². The van der Waals surface area contributed by atoms with Gasteiger partial charge in [-0.2, -0.15) is 18.3 Å². The summed E-state index contributed by atoms with van der Waals surface area (Å²) in [6.45, 7) is 1.47. The van der Waals surface area contributed by atoms with Crippen molar-refractivity contribution in [3.8, 4) is 5.75 Å². The largest absolute Gasteiger partial charge is 0.479 e. The molecule has 0 bridgehead atoms. The zero-order valence-corrected chi connectivity index (χ0v) is 14.9. The van der Waals surface area contributed by atoms with E-state index in [4.69, 9.17) is 27.9 Å². The third-order valence-corrected chi connectivity index (χ3v) is 3.70. The third kappa shape index (κ3) is 5.64. The molecule has 0 aliphatic carbocycles. The van der Waals surface area contributed by atoms with Crippen molar-refractivity contribution in [2.45, 2.75) is 19.2 Å². The number of hydrogen-bond acceptors (Lipinski definition) is 3. The van der Waals surface area contributed by atoms with E-state index in [2.05, 4.69) is 10.5 Å². The number of carbonyl (C=O) groups is 1. The molecule has 1 amide bonds. The Hall–Kier alpha value is -2.25. The Morgan fingerprint density at radius 3 is 2.62 bits per heavy atom. The molecule has 9 heteroatoms. The number of ether oxygens (including phenoxy) is 1. The minimum atomic E-state index is -4.45. The van der Waals surface area contributed by atoms with Gasteiger partial charge in [-0.3, -0.25) is 4.79 Å². The smallest absolute Gasteiger partial charge is 0.416 e. The van der Waals surface area contributed by atoms with E-state index in [0.717, 1.165) is 18.3 Å². The van der Waals surface area contributed by atoms with Crippen molar-refractivity contribution in [3.63, 3.8) is 0 Å². The summed E-state index contributed by atoms with van der Waals surface area (Å²) in [6, 6.07) is 9.08. The van der Waals surface area contributed by atoms with E-state index in [1.165, 1.54) is 31.2 Å². The fourth-order valence-electron chi connectivity index (χ4n) is 1.87. The highest BCUT2D eigenvalue weighted by Crippen LogP contribution is 2.29. The van der Waals surface area contributed by atoms with Gasteiger partial charge in [0.2, 0.25) is 0 Å². The van der Waals surface area contributed by atoms with Crippen molar-refractivity contribution < 1.29 is 22.7 Å². The molecule has 1 atom stereocenters. The second-order valence-electron chi connectivity index (χ2n) is 5.19. The lowest BCUT2D eigenvalue weighted by Crippen LogP contribution is -2.33. The first-order valence-electron chi connectivity index (χ1n) is 7.28. The highest BCUT2D eigenvalue weighted by atomic mass is 35.5. The van der Waals surface area contributed by atoms with E-state index in [0.29, 0.717) is 5.02 Å². The molecule has 0 aliphatic rings. The van der Waals surface area contributed by atoms with Crippen LogP contribution in [0, 0.1) is 0 Å². The molecular formula is C17H13Cl2F3N2O2. The number of halogens is 5. The van der Waals surface area contributed by atoms with Gasteiger partial charge in [0.25, 0.3) is 5.91 Å². The quantitative estimate of drug-likeness (QED) is 0.567. The van der Waals surface area contributed by atoms with Crippen LogP contribution in [0.4, 0.5) is 13.2 Å². The molecule has 0 spiro atoms. The maximum Gasteiger partial charge on any atom is 0.416 e. The summed E-state index contributed by atoms with van der Waals surface area (Å²) in [5.74, 6) is -0.334. The van der Waals surface area contributed by atoms with Gasteiger partial charge in [-0.25, -0.2) is 5.43 Å². The Morgan fingerprint density at radius 2 is 1.96 bits per heavy atom. The zero-order valence-electron chi connectivity index (χ0n) is 13.3. The van der Waals surface area contributed by atoms with Gasteiger partial charge >= 0.3 is 6.18 Å². The molecule has 2 rings (SSSR count). The van der Waals surface area contributed by atoms with Crippen LogP contribution in [0.25, 0.3) is 0 Å². The second kappa shape index (κ2) is 8.42. The summed E-state index contributed by atoms with van der Waals surface area (Å²) in [4.78, 5) is 11.9. The van der Waals surface area contributed by atoms with Crippen LogP contribution in [0.1, 0.15) is 18.1 Å². The Labute approximate surface area is 157 Å². The first-order chi connectivity index (χ1) is 12.2. The predicted molar refractivity (Wildman–Crippen MR) is 93.7 cm³/mol. The van der Waals surface area contributed by atoms with Gasteiger partial charge in [-0.05, 0) is 42.8 Å². The number of benzene rings is 2. The predicted octanol–water partition coefficient (Wildman–Crippen LogP) is 4.93. The summed E-state index contributed by atoms with van der Waals surface area (Å²) < 4.78 is 43.3. The van der Waals surface area contributed by atoms with Crippen LogP contribution in [0.15, 0.2) is 47.6 Å². The van der Waals surface area contributed by atoms with E-state index in [9.17, 15) is 18.0 Å². The van der Waals surface area contributed by atoms with Crippen molar-refractivity contribution in [3.05, 3.63) is 63.6 Å². The first kappa shape index (κ1) is 20.1. The minimum Gasteiger partial charge on any atom is -0.479 e. The fraction of sp³-hybridized carbons (Fsp3) is 0.176. The van der Waals surface area contributed by atoms with Crippen molar-refractivity contribution >= 4 is 35.3 Å². The van der Waals surface area contributed by atoms with Crippen LogP contribution < -0.4 is 10.2 Å². The molecule has 4 nitrogen and oxygen atoms in total. The third-order valence-electron chi connectivity index (χ3n) is 3.17. The number of rotatable bonds is 5. The molecule has 1 unspecified atom stereocenters. The van der Waals surface area contributed by atoms with Crippen LogP contribution in [0.5, 0.6) is 5.75 Å². The summed E-state index contributed by atoms with van der Waals surface area (Å²) >= 11 is 11.7. The number of amides is 1. The molecule has 0 aliphatic heterocycles. The number of alkyl halides is 3. The Morgan fingerprint density at radius 1 is 1.23 bits per heavy atom. The lowest BCUT2D eigenvalue weighted by molar-refractivity contribution is -0.137. The molecule has 0 radical (unpaired) electrons. The van der Waals surface area contributed by atoms with E-state index < -0.39 is 23.8 Å². The van der Waals surface area contributed by atoms with Gasteiger partial charge in [-0.1, -0.05) is 35.3 Å². The van der Waals surface area contributed by atoms with Crippen molar-refractivity contribution in [2.24, 2.45) is 5.10 Å². The van der Waals surface area contributed by atoms with Crippen LogP contribution in [-0.2, 0) is 11.0 Å². The molecule has 0 saturated heterocycles. The molecule has 0 aromatic heterocycles. The maximum absolute atomic E-state index is 12.6. The average molecular weight is 405 g/mol. The van der Waals surface area contributed by atoms with Crippen LogP contribution in [0.3, 0.4) is 0 Å². The molecule has 1 N–H and O–H groups in total. The summed E-state index contributed by atoms with van der Waals surface area (Å²) in [7, 11) is 0. The molecule has 2 aromatic rings. The number of hydrogen-bond donors (Lipinski definition) is 1. The summed E-state index contributed by atoms with van der Waals surface area (Å²) in [6.07, 6.45) is -4.28. The van der Waals surface area contributed by atoms with Crippen molar-refractivity contribution in [1.29, 1.82) is 0 Å². The number of carbonyl (C=O) groups excluding carboxylic acids is 1. The Bertz CT molecular complexity index is 826. The number of hydrazone groups is 1. The van der Waals surface area contributed by atoms with E-state index in [1.807, 2.05) is 0 Å². The summed E-state index contributed by atoms with van der Waals surface area (Å²) in [5, 5.41) is 4.30. The normalized spacial score (nSPS) is 12.8. The monoisotopic (exact) mass is 404 g/mol. The van der Waals surface area contributed by atoms with E-state index >= 15 is 0 Å². The van der Waals surface area contributed by atoms with Gasteiger partial charge in [0.05, 0.1) is 16.8 Å². The SMILES string of the molecule is CC(Oc1ccc(Cl)cc1Cl)C(=O)NN=Cc1cccc(C(F)(F)F)c1. The Balaban J connectivity index is 1.96. The number of nitrogens with zero attached hydrogens (tertiary/aromatic N) is 1. The van der Waals surface area contributed by atoms with Crippen LogP contribution >= 0.6 is 23.2 Å². The highest BCUT2D eigenvalue weighted by molar-refractivity contribution is 6.35. The lowest BCUT2D eigenvalue weighted by atomic mass is 10.1. The molecule has 26 heavy (non-hydrogen) atoms. The second-order valence-corrected chi connectivity index (χ2v) is 6.04. The first-order valence-corrected chi connectivity index (χ1v) is 8.04. The molecule has 2 aromatic carbocycles. The van der Waals surface area contributed by atoms with Crippen LogP contribution in [0.2, 0.25) is 10.0 Å².